The number of carboxylic acids is 1. The molecule has 0 unspecified atom stereocenters. The van der Waals surface area contributed by atoms with Gasteiger partial charge in [-0.25, -0.2) is 0 Å². The van der Waals surface area contributed by atoms with Gasteiger partial charge < -0.3 is 15.6 Å². The number of rotatable bonds is 5. The van der Waals surface area contributed by atoms with Gasteiger partial charge in [-0.2, -0.15) is 0 Å². The highest BCUT2D eigenvalue weighted by atomic mass is 16.5. The predicted octanol–water partition coefficient (Wildman–Crippen LogP) is -0.645. The van der Waals surface area contributed by atoms with E-state index in [2.05, 4.69) is 10.7 Å². The molecular formula is C8H11NO4. The maximum absolute atomic E-state index is 10.9. The summed E-state index contributed by atoms with van der Waals surface area (Å²) in [5, 5.41) is 8.28. The standard InChI is InChI=1S/C8H11NO4/c1-2-5-13-8(12)6(9)3-4-7(10)11/h1,6H,3-5,9H2,(H,10,11)/t6-/m0/s1. The summed E-state index contributed by atoms with van der Waals surface area (Å²) in [7, 11) is 0. The molecule has 3 N–H and O–H groups in total. The molecule has 0 aliphatic carbocycles. The van der Waals surface area contributed by atoms with Gasteiger partial charge in [-0.05, 0) is 6.42 Å². The quantitative estimate of drug-likeness (QED) is 0.439. The smallest absolute Gasteiger partial charge is 0.323 e. The van der Waals surface area contributed by atoms with Gasteiger partial charge in [0, 0.05) is 6.42 Å². The highest BCUT2D eigenvalue weighted by Gasteiger charge is 2.15. The number of hydrogen-bond donors (Lipinski definition) is 2. The van der Waals surface area contributed by atoms with Crippen molar-refractivity contribution in [3.63, 3.8) is 0 Å². The molecule has 0 aromatic heterocycles. The van der Waals surface area contributed by atoms with E-state index < -0.39 is 18.0 Å². The van der Waals surface area contributed by atoms with Gasteiger partial charge in [-0.15, -0.1) is 6.42 Å². The van der Waals surface area contributed by atoms with Gasteiger partial charge in [0.25, 0.3) is 0 Å². The number of hydrogen-bond acceptors (Lipinski definition) is 4. The van der Waals surface area contributed by atoms with Crippen LogP contribution in [0, 0.1) is 12.3 Å². The summed E-state index contributed by atoms with van der Waals surface area (Å²) in [6.07, 6.45) is 4.73. The van der Waals surface area contributed by atoms with Crippen molar-refractivity contribution in [3.05, 3.63) is 0 Å². The molecule has 0 saturated carbocycles. The second kappa shape index (κ2) is 6.03. The van der Waals surface area contributed by atoms with Crippen LogP contribution in [0.5, 0.6) is 0 Å². The molecule has 0 aromatic carbocycles. The van der Waals surface area contributed by atoms with E-state index >= 15 is 0 Å². The van der Waals surface area contributed by atoms with Crippen molar-refractivity contribution in [3.8, 4) is 12.3 Å². The topological polar surface area (TPSA) is 89.6 Å². The average Bonchev–Trinajstić information content (AvgIpc) is 2.10. The number of nitrogens with two attached hydrogens (primary N) is 1. The van der Waals surface area contributed by atoms with Crippen molar-refractivity contribution in [2.24, 2.45) is 5.73 Å². The van der Waals surface area contributed by atoms with Gasteiger partial charge in [-0.3, -0.25) is 9.59 Å². The molecule has 0 bridgehead atoms. The molecule has 0 aliphatic heterocycles. The summed E-state index contributed by atoms with van der Waals surface area (Å²) in [4.78, 5) is 21.0. The van der Waals surface area contributed by atoms with E-state index in [9.17, 15) is 9.59 Å². The minimum absolute atomic E-state index is 0.0543. The van der Waals surface area contributed by atoms with Gasteiger partial charge >= 0.3 is 11.9 Å². The fourth-order valence-corrected chi connectivity index (χ4v) is 0.617. The fourth-order valence-electron chi connectivity index (χ4n) is 0.617. The molecule has 72 valence electrons. The Morgan fingerprint density at radius 2 is 2.23 bits per heavy atom. The van der Waals surface area contributed by atoms with E-state index in [4.69, 9.17) is 17.3 Å². The van der Waals surface area contributed by atoms with Crippen LogP contribution in [0.3, 0.4) is 0 Å². The van der Waals surface area contributed by atoms with Gasteiger partial charge in [0.05, 0.1) is 0 Å². The molecule has 0 heterocycles. The summed E-state index contributed by atoms with van der Waals surface area (Å²) in [6.45, 7) is -0.139. The second-order valence-corrected chi connectivity index (χ2v) is 2.35. The van der Waals surface area contributed by atoms with E-state index in [-0.39, 0.29) is 19.4 Å². The molecule has 0 radical (unpaired) electrons. The van der Waals surface area contributed by atoms with Crippen LogP contribution in [-0.4, -0.2) is 29.7 Å². The molecule has 0 saturated heterocycles. The molecule has 0 fully saturated rings. The van der Waals surface area contributed by atoms with Crippen molar-refractivity contribution in [2.45, 2.75) is 18.9 Å². The lowest BCUT2D eigenvalue weighted by molar-refractivity contribution is -0.144. The average molecular weight is 185 g/mol. The lowest BCUT2D eigenvalue weighted by atomic mass is 10.2. The van der Waals surface area contributed by atoms with Crippen LogP contribution in [0.4, 0.5) is 0 Å². The minimum Gasteiger partial charge on any atom is -0.481 e. The number of esters is 1. The fraction of sp³-hybridized carbons (Fsp3) is 0.500. The summed E-state index contributed by atoms with van der Waals surface area (Å²) in [5.41, 5.74) is 5.30. The lowest BCUT2D eigenvalue weighted by Crippen LogP contribution is -2.32. The molecule has 0 aliphatic rings. The van der Waals surface area contributed by atoms with Crippen LogP contribution >= 0.6 is 0 Å². The highest BCUT2D eigenvalue weighted by Crippen LogP contribution is 1.96. The van der Waals surface area contributed by atoms with Crippen LogP contribution in [0.15, 0.2) is 0 Å². The number of terminal acetylenes is 1. The molecule has 0 spiro atoms. The first-order valence-corrected chi connectivity index (χ1v) is 3.65. The molecule has 0 amide bonds. The highest BCUT2D eigenvalue weighted by molar-refractivity contribution is 5.76. The Morgan fingerprint density at radius 1 is 1.62 bits per heavy atom. The number of ether oxygens (including phenoxy) is 1. The van der Waals surface area contributed by atoms with Crippen LogP contribution in [-0.2, 0) is 14.3 Å². The Morgan fingerprint density at radius 3 is 2.69 bits per heavy atom. The SMILES string of the molecule is C#CCOC(=O)[C@@H](N)CCC(=O)O. The molecular weight excluding hydrogens is 174 g/mol. The number of carbonyl (C=O) groups is 2. The first-order chi connectivity index (χ1) is 6.07. The van der Waals surface area contributed by atoms with Crippen molar-refractivity contribution in [1.82, 2.24) is 0 Å². The molecule has 13 heavy (non-hydrogen) atoms. The van der Waals surface area contributed by atoms with E-state index in [1.807, 2.05) is 0 Å². The van der Waals surface area contributed by atoms with Crippen molar-refractivity contribution in [2.75, 3.05) is 6.61 Å². The third kappa shape index (κ3) is 5.70. The molecule has 0 rings (SSSR count). The van der Waals surface area contributed by atoms with Crippen LogP contribution in [0.1, 0.15) is 12.8 Å². The third-order valence-electron chi connectivity index (χ3n) is 1.27. The summed E-state index contributed by atoms with van der Waals surface area (Å²) >= 11 is 0. The first kappa shape index (κ1) is 11.5. The minimum atomic E-state index is -1.000. The zero-order valence-corrected chi connectivity index (χ0v) is 7.03. The van der Waals surface area contributed by atoms with Crippen molar-refractivity contribution >= 4 is 11.9 Å². The van der Waals surface area contributed by atoms with Gasteiger partial charge in [-0.1, -0.05) is 5.92 Å². The second-order valence-electron chi connectivity index (χ2n) is 2.35. The zero-order chi connectivity index (χ0) is 10.3. The largest absolute Gasteiger partial charge is 0.481 e. The van der Waals surface area contributed by atoms with Gasteiger partial charge in [0.15, 0.2) is 6.61 Å². The lowest BCUT2D eigenvalue weighted by Gasteiger charge is -2.07. The monoisotopic (exact) mass is 185 g/mol. The normalized spacial score (nSPS) is 11.4. The van der Waals surface area contributed by atoms with Crippen molar-refractivity contribution < 1.29 is 19.4 Å². The Hall–Kier alpha value is -1.54. The van der Waals surface area contributed by atoms with E-state index in [1.54, 1.807) is 0 Å². The predicted molar refractivity (Wildman–Crippen MR) is 44.6 cm³/mol. The Labute approximate surface area is 75.9 Å². The van der Waals surface area contributed by atoms with E-state index in [1.165, 1.54) is 0 Å². The van der Waals surface area contributed by atoms with Gasteiger partial charge in [0.2, 0.25) is 0 Å². The molecule has 1 atom stereocenters. The van der Waals surface area contributed by atoms with Crippen LogP contribution in [0.25, 0.3) is 0 Å². The molecule has 5 heteroatoms. The third-order valence-corrected chi connectivity index (χ3v) is 1.27. The number of carbonyl (C=O) groups excluding carboxylic acids is 1. The van der Waals surface area contributed by atoms with Crippen LogP contribution in [0.2, 0.25) is 0 Å². The van der Waals surface area contributed by atoms with Gasteiger partial charge in [0.1, 0.15) is 6.04 Å². The first-order valence-electron chi connectivity index (χ1n) is 3.65. The van der Waals surface area contributed by atoms with Crippen molar-refractivity contribution in [1.29, 1.82) is 0 Å². The number of aliphatic carboxylic acids is 1. The zero-order valence-electron chi connectivity index (χ0n) is 7.03. The maximum atomic E-state index is 10.9. The van der Waals surface area contributed by atoms with E-state index in [0.717, 1.165) is 0 Å². The molecule has 5 nitrogen and oxygen atoms in total. The summed E-state index contributed by atoms with van der Waals surface area (Å²) < 4.78 is 4.49. The van der Waals surface area contributed by atoms with Crippen LogP contribution < -0.4 is 5.73 Å². The maximum Gasteiger partial charge on any atom is 0.323 e. The van der Waals surface area contributed by atoms with E-state index in [0.29, 0.717) is 0 Å². The molecule has 0 aromatic rings. The number of carboxylic acid groups (broad SMARTS) is 1. The summed E-state index contributed by atoms with van der Waals surface area (Å²) in [6, 6.07) is -0.913. The summed E-state index contributed by atoms with van der Waals surface area (Å²) in [5.74, 6) is 0.436. The Bertz CT molecular complexity index is 231. The Kier molecular flexibility index (Phi) is 5.32. The Balaban J connectivity index is 3.70.